The standard InChI is InChI=1S/C23H25FN4O/c1-25-23(26-13-12-18-5-4-6-21(24)15-18)27-16-19-8-10-20(11-9-19)17-28-14-3-2-7-22(28)29/h2-11,14-15H,12-13,16-17H2,1H3,(H2,25,26,27). The Bertz CT molecular complexity index is 1010. The van der Waals surface area contributed by atoms with E-state index >= 15 is 0 Å². The van der Waals surface area contributed by atoms with Gasteiger partial charge < -0.3 is 15.2 Å². The summed E-state index contributed by atoms with van der Waals surface area (Å²) in [5, 5.41) is 6.51. The van der Waals surface area contributed by atoms with Crippen LogP contribution in [-0.4, -0.2) is 24.1 Å². The van der Waals surface area contributed by atoms with E-state index in [1.54, 1.807) is 42.1 Å². The molecule has 0 atom stereocenters. The largest absolute Gasteiger partial charge is 0.356 e. The predicted molar refractivity (Wildman–Crippen MR) is 115 cm³/mol. The van der Waals surface area contributed by atoms with Crippen molar-refractivity contribution in [3.8, 4) is 0 Å². The first-order chi connectivity index (χ1) is 14.1. The molecule has 1 aromatic heterocycles. The average molecular weight is 392 g/mol. The predicted octanol–water partition coefficient (Wildman–Crippen LogP) is 2.94. The van der Waals surface area contributed by atoms with Crippen LogP contribution in [0.2, 0.25) is 0 Å². The maximum absolute atomic E-state index is 13.2. The first-order valence-corrected chi connectivity index (χ1v) is 9.56. The molecule has 0 bridgehead atoms. The number of guanidine groups is 1. The number of hydrogen-bond acceptors (Lipinski definition) is 2. The Kier molecular flexibility index (Phi) is 7.16. The second-order valence-electron chi connectivity index (χ2n) is 6.72. The normalized spacial score (nSPS) is 11.3. The van der Waals surface area contributed by atoms with E-state index in [2.05, 4.69) is 15.6 Å². The van der Waals surface area contributed by atoms with Crippen LogP contribution in [0.15, 0.2) is 82.7 Å². The van der Waals surface area contributed by atoms with Crippen molar-refractivity contribution >= 4 is 5.96 Å². The van der Waals surface area contributed by atoms with Gasteiger partial charge in [-0.25, -0.2) is 4.39 Å². The average Bonchev–Trinajstić information content (AvgIpc) is 2.73. The molecule has 0 aliphatic rings. The molecule has 3 aromatic rings. The van der Waals surface area contributed by atoms with E-state index in [-0.39, 0.29) is 11.4 Å². The Morgan fingerprint density at radius 1 is 0.966 bits per heavy atom. The van der Waals surface area contributed by atoms with E-state index in [9.17, 15) is 9.18 Å². The molecular formula is C23H25FN4O. The minimum absolute atomic E-state index is 0.00800. The quantitative estimate of drug-likeness (QED) is 0.480. The Morgan fingerprint density at radius 3 is 2.48 bits per heavy atom. The molecule has 0 aliphatic heterocycles. The van der Waals surface area contributed by atoms with Crippen LogP contribution in [-0.2, 0) is 19.5 Å². The molecule has 0 aliphatic carbocycles. The first kappa shape index (κ1) is 20.3. The zero-order valence-corrected chi connectivity index (χ0v) is 16.4. The highest BCUT2D eigenvalue weighted by molar-refractivity contribution is 5.79. The zero-order chi connectivity index (χ0) is 20.5. The second-order valence-corrected chi connectivity index (χ2v) is 6.72. The summed E-state index contributed by atoms with van der Waals surface area (Å²) in [7, 11) is 1.72. The number of nitrogens with zero attached hydrogens (tertiary/aromatic N) is 2. The molecule has 1 heterocycles. The number of pyridine rings is 1. The highest BCUT2D eigenvalue weighted by Gasteiger charge is 2.01. The Balaban J connectivity index is 1.47. The van der Waals surface area contributed by atoms with Gasteiger partial charge in [-0.2, -0.15) is 0 Å². The van der Waals surface area contributed by atoms with Crippen LogP contribution in [0.25, 0.3) is 0 Å². The van der Waals surface area contributed by atoms with Crippen LogP contribution in [0, 0.1) is 5.82 Å². The highest BCUT2D eigenvalue weighted by Crippen LogP contribution is 2.06. The lowest BCUT2D eigenvalue weighted by Crippen LogP contribution is -2.37. The van der Waals surface area contributed by atoms with E-state index in [4.69, 9.17) is 0 Å². The maximum Gasteiger partial charge on any atom is 0.250 e. The van der Waals surface area contributed by atoms with Crippen LogP contribution >= 0.6 is 0 Å². The van der Waals surface area contributed by atoms with Gasteiger partial charge >= 0.3 is 0 Å². The number of benzene rings is 2. The van der Waals surface area contributed by atoms with Crippen LogP contribution in [0.5, 0.6) is 0 Å². The molecule has 0 amide bonds. The van der Waals surface area contributed by atoms with Crippen LogP contribution in [0.3, 0.4) is 0 Å². The molecule has 3 rings (SSSR count). The Morgan fingerprint density at radius 2 is 1.76 bits per heavy atom. The van der Waals surface area contributed by atoms with Crippen molar-refractivity contribution in [3.63, 3.8) is 0 Å². The fraction of sp³-hybridized carbons (Fsp3) is 0.217. The SMILES string of the molecule is CN=C(NCCc1cccc(F)c1)NCc1ccc(Cn2ccccc2=O)cc1. The van der Waals surface area contributed by atoms with Gasteiger partial charge in [0, 0.05) is 32.4 Å². The van der Waals surface area contributed by atoms with Crippen molar-refractivity contribution in [3.05, 3.63) is 106 Å². The summed E-state index contributed by atoms with van der Waals surface area (Å²) in [5.74, 6) is 0.479. The van der Waals surface area contributed by atoms with Crippen molar-refractivity contribution in [1.82, 2.24) is 15.2 Å². The lowest BCUT2D eigenvalue weighted by atomic mass is 10.1. The highest BCUT2D eigenvalue weighted by atomic mass is 19.1. The summed E-state index contributed by atoms with van der Waals surface area (Å²) in [5.41, 5.74) is 3.12. The van der Waals surface area contributed by atoms with Gasteiger partial charge in [-0.1, -0.05) is 42.5 Å². The first-order valence-electron chi connectivity index (χ1n) is 9.56. The van der Waals surface area contributed by atoms with Crippen molar-refractivity contribution in [2.45, 2.75) is 19.5 Å². The third kappa shape index (κ3) is 6.31. The lowest BCUT2D eigenvalue weighted by Gasteiger charge is -2.12. The molecule has 5 nitrogen and oxygen atoms in total. The Labute approximate surface area is 169 Å². The van der Waals surface area contributed by atoms with Gasteiger partial charge in [0.2, 0.25) is 0 Å². The number of hydrogen-bond donors (Lipinski definition) is 2. The Hall–Kier alpha value is -3.41. The lowest BCUT2D eigenvalue weighted by molar-refractivity contribution is 0.625. The molecule has 0 fully saturated rings. The van der Waals surface area contributed by atoms with E-state index in [0.717, 1.165) is 16.7 Å². The van der Waals surface area contributed by atoms with Crippen molar-refractivity contribution in [2.75, 3.05) is 13.6 Å². The van der Waals surface area contributed by atoms with Gasteiger partial charge in [-0.3, -0.25) is 9.79 Å². The molecular weight excluding hydrogens is 367 g/mol. The third-order valence-electron chi connectivity index (χ3n) is 4.55. The summed E-state index contributed by atoms with van der Waals surface area (Å²) < 4.78 is 14.9. The van der Waals surface area contributed by atoms with Gasteiger partial charge in [0.25, 0.3) is 5.56 Å². The van der Waals surface area contributed by atoms with Crippen LogP contribution in [0.4, 0.5) is 4.39 Å². The summed E-state index contributed by atoms with van der Waals surface area (Å²) in [6, 6.07) is 19.9. The van der Waals surface area contributed by atoms with Crippen molar-refractivity contribution in [1.29, 1.82) is 0 Å². The molecule has 2 aromatic carbocycles. The number of halogens is 1. The summed E-state index contributed by atoms with van der Waals surface area (Å²) in [6.45, 7) is 1.84. The minimum Gasteiger partial charge on any atom is -0.356 e. The van der Waals surface area contributed by atoms with Gasteiger partial charge in [0.15, 0.2) is 5.96 Å². The molecule has 0 saturated heterocycles. The topological polar surface area (TPSA) is 58.4 Å². The van der Waals surface area contributed by atoms with Gasteiger partial charge in [-0.15, -0.1) is 0 Å². The van der Waals surface area contributed by atoms with E-state index in [0.29, 0.717) is 32.0 Å². The van der Waals surface area contributed by atoms with Gasteiger partial charge in [0.05, 0.1) is 6.54 Å². The van der Waals surface area contributed by atoms with Crippen molar-refractivity contribution in [2.24, 2.45) is 4.99 Å². The second kappa shape index (κ2) is 10.2. The smallest absolute Gasteiger partial charge is 0.250 e. The van der Waals surface area contributed by atoms with E-state index < -0.39 is 0 Å². The molecule has 0 radical (unpaired) electrons. The number of aromatic nitrogens is 1. The fourth-order valence-corrected chi connectivity index (χ4v) is 2.97. The number of aliphatic imine (C=N–C) groups is 1. The number of nitrogens with one attached hydrogen (secondary N) is 2. The zero-order valence-electron chi connectivity index (χ0n) is 16.4. The monoisotopic (exact) mass is 392 g/mol. The fourth-order valence-electron chi connectivity index (χ4n) is 2.97. The maximum atomic E-state index is 13.2. The van der Waals surface area contributed by atoms with Crippen LogP contribution in [0.1, 0.15) is 16.7 Å². The summed E-state index contributed by atoms with van der Waals surface area (Å²) in [6.07, 6.45) is 2.50. The van der Waals surface area contributed by atoms with E-state index in [1.807, 2.05) is 36.4 Å². The molecule has 29 heavy (non-hydrogen) atoms. The van der Waals surface area contributed by atoms with E-state index in [1.165, 1.54) is 6.07 Å². The minimum atomic E-state index is -0.217. The molecule has 0 unspecified atom stereocenters. The third-order valence-corrected chi connectivity index (χ3v) is 4.55. The molecule has 0 saturated carbocycles. The van der Waals surface area contributed by atoms with Crippen LogP contribution < -0.4 is 16.2 Å². The molecule has 0 spiro atoms. The van der Waals surface area contributed by atoms with Gasteiger partial charge in [-0.05, 0) is 41.3 Å². The van der Waals surface area contributed by atoms with Gasteiger partial charge in [0.1, 0.15) is 5.82 Å². The number of rotatable bonds is 7. The summed E-state index contributed by atoms with van der Waals surface area (Å²) >= 11 is 0. The molecule has 2 N–H and O–H groups in total. The van der Waals surface area contributed by atoms with Crippen molar-refractivity contribution < 1.29 is 4.39 Å². The summed E-state index contributed by atoms with van der Waals surface area (Å²) in [4.78, 5) is 16.0. The molecule has 150 valence electrons. The molecule has 6 heteroatoms.